The van der Waals surface area contributed by atoms with Crippen LogP contribution in [0.2, 0.25) is 0 Å². The van der Waals surface area contributed by atoms with Gasteiger partial charge in [-0.15, -0.1) is 11.3 Å². The molecule has 17 heavy (non-hydrogen) atoms. The molecule has 5 heteroatoms. The zero-order valence-electron chi connectivity index (χ0n) is 9.15. The van der Waals surface area contributed by atoms with Crippen LogP contribution in [0.1, 0.15) is 29.2 Å². The first-order valence-electron chi connectivity index (χ1n) is 5.61. The Morgan fingerprint density at radius 3 is 3.06 bits per heavy atom. The second kappa shape index (κ2) is 3.97. The second-order valence-corrected chi connectivity index (χ2v) is 5.20. The van der Waals surface area contributed by atoms with Crippen molar-refractivity contribution in [1.29, 1.82) is 5.26 Å². The molecule has 0 saturated carbocycles. The predicted octanol–water partition coefficient (Wildman–Crippen LogP) is 2.19. The Kier molecular flexibility index (Phi) is 2.45. The van der Waals surface area contributed by atoms with Crippen LogP contribution in [0.4, 0.5) is 0 Å². The van der Waals surface area contributed by atoms with Gasteiger partial charge < -0.3 is 4.42 Å². The average Bonchev–Trinajstić information content (AvgIpc) is 2.67. The van der Waals surface area contributed by atoms with Crippen LogP contribution in [0, 0.1) is 11.3 Å². The van der Waals surface area contributed by atoms with Crippen LogP contribution in [0.5, 0.6) is 0 Å². The molecule has 0 atom stereocenters. The molecule has 0 radical (unpaired) electrons. The number of aromatic nitrogens is 1. The van der Waals surface area contributed by atoms with Gasteiger partial charge in [-0.05, 0) is 31.2 Å². The van der Waals surface area contributed by atoms with Gasteiger partial charge in [0.2, 0.25) is 5.89 Å². The number of fused-ring (bicyclic) bond motifs is 3. The molecule has 0 unspecified atom stereocenters. The molecular formula is C12H10N2O2S. The van der Waals surface area contributed by atoms with Gasteiger partial charge in [-0.25, -0.2) is 9.78 Å². The molecule has 1 aliphatic rings. The summed E-state index contributed by atoms with van der Waals surface area (Å²) in [5.41, 5.74) is 0.792. The molecule has 2 heterocycles. The molecule has 86 valence electrons. The normalized spacial score (nSPS) is 14.5. The van der Waals surface area contributed by atoms with Crippen molar-refractivity contribution in [3.63, 3.8) is 0 Å². The Bertz CT molecular complexity index is 678. The number of hydrogen-bond donors (Lipinski definition) is 0. The summed E-state index contributed by atoms with van der Waals surface area (Å²) in [6, 6.07) is 1.95. The molecule has 0 aliphatic heterocycles. The SMILES string of the molecule is N#CCc1nc2sc3c(c2c(=O)o1)CCCC3. The minimum Gasteiger partial charge on any atom is -0.407 e. The smallest absolute Gasteiger partial charge is 0.348 e. The van der Waals surface area contributed by atoms with E-state index in [-0.39, 0.29) is 17.9 Å². The van der Waals surface area contributed by atoms with Gasteiger partial charge in [0.1, 0.15) is 16.6 Å². The van der Waals surface area contributed by atoms with Crippen molar-refractivity contribution in [2.45, 2.75) is 32.1 Å². The van der Waals surface area contributed by atoms with Crippen molar-refractivity contribution in [2.75, 3.05) is 0 Å². The molecule has 0 saturated heterocycles. The molecule has 2 aromatic heterocycles. The van der Waals surface area contributed by atoms with Crippen molar-refractivity contribution in [3.05, 3.63) is 26.8 Å². The van der Waals surface area contributed by atoms with Gasteiger partial charge in [0.25, 0.3) is 0 Å². The molecule has 3 rings (SSSR count). The number of nitriles is 1. The molecule has 0 N–H and O–H groups in total. The number of aryl methyl sites for hydroxylation is 2. The highest BCUT2D eigenvalue weighted by Crippen LogP contribution is 2.33. The maximum Gasteiger partial charge on any atom is 0.348 e. The zero-order chi connectivity index (χ0) is 11.8. The fourth-order valence-electron chi connectivity index (χ4n) is 2.28. The Morgan fingerprint density at radius 2 is 2.24 bits per heavy atom. The number of rotatable bonds is 1. The standard InChI is InChI=1S/C12H10N2O2S/c13-6-5-9-14-11-10(12(15)16-9)7-3-1-2-4-8(7)17-11/h1-5H2. The monoisotopic (exact) mass is 246 g/mol. The maximum atomic E-state index is 11.9. The van der Waals surface area contributed by atoms with Crippen LogP contribution < -0.4 is 5.63 Å². The van der Waals surface area contributed by atoms with Crippen LogP contribution in [-0.4, -0.2) is 4.98 Å². The number of nitrogens with zero attached hydrogens (tertiary/aromatic N) is 2. The summed E-state index contributed by atoms with van der Waals surface area (Å²) in [5, 5.41) is 9.24. The van der Waals surface area contributed by atoms with Crippen molar-refractivity contribution in [1.82, 2.24) is 4.98 Å². The van der Waals surface area contributed by atoms with Crippen LogP contribution in [0.3, 0.4) is 0 Å². The highest BCUT2D eigenvalue weighted by atomic mass is 32.1. The van der Waals surface area contributed by atoms with Gasteiger partial charge in [0.05, 0.1) is 6.07 Å². The van der Waals surface area contributed by atoms with E-state index in [1.54, 1.807) is 11.3 Å². The topological polar surface area (TPSA) is 66.9 Å². The van der Waals surface area contributed by atoms with E-state index in [9.17, 15) is 4.79 Å². The first-order valence-corrected chi connectivity index (χ1v) is 6.42. The molecule has 0 fully saturated rings. The summed E-state index contributed by atoms with van der Waals surface area (Å²) in [4.78, 5) is 18.2. The molecule has 0 spiro atoms. The Labute approximate surface area is 102 Å². The summed E-state index contributed by atoms with van der Waals surface area (Å²) in [6.45, 7) is 0. The van der Waals surface area contributed by atoms with E-state index < -0.39 is 0 Å². The van der Waals surface area contributed by atoms with E-state index in [1.165, 1.54) is 11.3 Å². The van der Waals surface area contributed by atoms with Crippen molar-refractivity contribution in [3.8, 4) is 6.07 Å². The lowest BCUT2D eigenvalue weighted by Crippen LogP contribution is -2.07. The lowest BCUT2D eigenvalue weighted by molar-refractivity contribution is 0.457. The molecule has 4 nitrogen and oxygen atoms in total. The molecule has 0 bridgehead atoms. The third kappa shape index (κ3) is 1.65. The van der Waals surface area contributed by atoms with Crippen LogP contribution in [0.25, 0.3) is 10.2 Å². The number of hydrogen-bond acceptors (Lipinski definition) is 5. The van der Waals surface area contributed by atoms with Gasteiger partial charge in [0, 0.05) is 4.88 Å². The van der Waals surface area contributed by atoms with Gasteiger partial charge in [-0.3, -0.25) is 0 Å². The van der Waals surface area contributed by atoms with Crippen LogP contribution in [0.15, 0.2) is 9.21 Å². The van der Waals surface area contributed by atoms with E-state index in [0.29, 0.717) is 5.39 Å². The summed E-state index contributed by atoms with van der Waals surface area (Å²) in [5.74, 6) is 0.226. The number of thiophene rings is 1. The third-order valence-corrected chi connectivity index (χ3v) is 4.21. The maximum absolute atomic E-state index is 11.9. The first-order chi connectivity index (χ1) is 8.29. The lowest BCUT2D eigenvalue weighted by atomic mass is 9.97. The quantitative estimate of drug-likeness (QED) is 0.773. The summed E-state index contributed by atoms with van der Waals surface area (Å²) in [6.07, 6.45) is 4.32. The van der Waals surface area contributed by atoms with Crippen LogP contribution in [-0.2, 0) is 19.3 Å². The van der Waals surface area contributed by atoms with E-state index >= 15 is 0 Å². The van der Waals surface area contributed by atoms with E-state index in [2.05, 4.69) is 4.98 Å². The first kappa shape index (κ1) is 10.5. The van der Waals surface area contributed by atoms with Crippen molar-refractivity contribution in [2.24, 2.45) is 0 Å². The molecule has 0 aromatic carbocycles. The molecule has 2 aromatic rings. The zero-order valence-corrected chi connectivity index (χ0v) is 9.97. The fraction of sp³-hybridized carbons (Fsp3) is 0.417. The molecular weight excluding hydrogens is 236 g/mol. The minimum atomic E-state index is -0.334. The third-order valence-electron chi connectivity index (χ3n) is 3.02. The largest absolute Gasteiger partial charge is 0.407 e. The Hall–Kier alpha value is -1.67. The summed E-state index contributed by atoms with van der Waals surface area (Å²) in [7, 11) is 0. The second-order valence-electron chi connectivity index (χ2n) is 4.12. The highest BCUT2D eigenvalue weighted by Gasteiger charge is 2.20. The van der Waals surface area contributed by atoms with Crippen molar-refractivity contribution < 1.29 is 4.42 Å². The van der Waals surface area contributed by atoms with Crippen molar-refractivity contribution >= 4 is 21.6 Å². The average molecular weight is 246 g/mol. The molecule has 1 aliphatic carbocycles. The van der Waals surface area contributed by atoms with E-state index in [0.717, 1.165) is 29.7 Å². The van der Waals surface area contributed by atoms with E-state index in [1.807, 2.05) is 6.07 Å². The summed E-state index contributed by atoms with van der Waals surface area (Å²) >= 11 is 1.57. The van der Waals surface area contributed by atoms with Gasteiger partial charge >= 0.3 is 5.63 Å². The van der Waals surface area contributed by atoms with Gasteiger partial charge in [0.15, 0.2) is 0 Å². The lowest BCUT2D eigenvalue weighted by Gasteiger charge is -2.09. The minimum absolute atomic E-state index is 0.0494. The predicted molar refractivity (Wildman–Crippen MR) is 64.1 cm³/mol. The van der Waals surface area contributed by atoms with Gasteiger partial charge in [-0.1, -0.05) is 0 Å². The van der Waals surface area contributed by atoms with E-state index in [4.69, 9.17) is 9.68 Å². The Morgan fingerprint density at radius 1 is 1.41 bits per heavy atom. The van der Waals surface area contributed by atoms with Crippen LogP contribution >= 0.6 is 11.3 Å². The fourth-order valence-corrected chi connectivity index (χ4v) is 3.54. The summed E-state index contributed by atoms with van der Waals surface area (Å²) < 4.78 is 5.07. The van der Waals surface area contributed by atoms with Gasteiger partial charge in [-0.2, -0.15) is 5.26 Å². The Balaban J connectivity index is 2.28. The highest BCUT2D eigenvalue weighted by molar-refractivity contribution is 7.18. The molecule has 0 amide bonds.